The molecule has 1 aliphatic rings. The number of nitrogens with zero attached hydrogens (tertiary/aromatic N) is 2. The second-order valence-electron chi connectivity index (χ2n) is 6.97. The van der Waals surface area contributed by atoms with E-state index in [1.54, 1.807) is 45.5 Å². The van der Waals surface area contributed by atoms with Gasteiger partial charge in [-0.2, -0.15) is 0 Å². The van der Waals surface area contributed by atoms with Gasteiger partial charge in [0.05, 0.1) is 20.6 Å². The molecule has 0 aromatic heterocycles. The fourth-order valence-corrected chi connectivity index (χ4v) is 3.64. The van der Waals surface area contributed by atoms with Crippen molar-refractivity contribution in [3.05, 3.63) is 54.1 Å². The van der Waals surface area contributed by atoms with Crippen molar-refractivity contribution in [3.8, 4) is 11.5 Å². The van der Waals surface area contributed by atoms with Gasteiger partial charge in [0.25, 0.3) is 5.91 Å². The average Bonchev–Trinajstić information content (AvgIpc) is 2.96. The summed E-state index contributed by atoms with van der Waals surface area (Å²) in [5.74, 6) is 1.08. The zero-order chi connectivity index (χ0) is 21.7. The van der Waals surface area contributed by atoms with Crippen molar-refractivity contribution in [2.24, 2.45) is 0 Å². The molecule has 1 aliphatic heterocycles. The lowest BCUT2D eigenvalue weighted by Crippen LogP contribution is -2.39. The molecule has 2 amide bonds. The molecule has 0 spiro atoms. The number of hydrogen-bond donors (Lipinski definition) is 1. The van der Waals surface area contributed by atoms with Crippen LogP contribution in [0.15, 0.2) is 48.5 Å². The lowest BCUT2D eigenvalue weighted by atomic mass is 10.1. The first-order chi connectivity index (χ1) is 14.4. The number of amides is 2. The Morgan fingerprint density at radius 3 is 2.17 bits per heavy atom. The number of benzene rings is 2. The zero-order valence-electron chi connectivity index (χ0n) is 17.3. The third kappa shape index (κ3) is 4.88. The molecule has 0 saturated carbocycles. The van der Waals surface area contributed by atoms with Crippen molar-refractivity contribution in [3.63, 3.8) is 0 Å². The molecule has 158 valence electrons. The maximum Gasteiger partial charge on any atom is 0.251 e. The fraction of sp³-hybridized carbons (Fsp3) is 0.318. The lowest BCUT2D eigenvalue weighted by Gasteiger charge is -2.23. The number of thiocarbonyl (C=S) groups is 1. The van der Waals surface area contributed by atoms with E-state index in [4.69, 9.17) is 21.7 Å². The molecule has 1 atom stereocenters. The van der Waals surface area contributed by atoms with Crippen LogP contribution in [-0.2, 0) is 16.0 Å². The minimum atomic E-state index is -0.612. The van der Waals surface area contributed by atoms with E-state index in [9.17, 15) is 9.59 Å². The molecule has 1 heterocycles. The van der Waals surface area contributed by atoms with Gasteiger partial charge in [-0.3, -0.25) is 14.5 Å². The van der Waals surface area contributed by atoms with Gasteiger partial charge in [0.1, 0.15) is 17.5 Å². The van der Waals surface area contributed by atoms with Crippen molar-refractivity contribution >= 4 is 34.8 Å². The van der Waals surface area contributed by atoms with Gasteiger partial charge in [-0.1, -0.05) is 12.1 Å². The summed E-state index contributed by atoms with van der Waals surface area (Å²) in [5.41, 5.74) is 1.74. The second-order valence-corrected chi connectivity index (χ2v) is 7.33. The van der Waals surface area contributed by atoms with Gasteiger partial charge in [-0.15, -0.1) is 0 Å². The van der Waals surface area contributed by atoms with Crippen LogP contribution in [0.5, 0.6) is 11.5 Å². The van der Waals surface area contributed by atoms with E-state index in [1.165, 1.54) is 4.90 Å². The molecule has 0 unspecified atom stereocenters. The van der Waals surface area contributed by atoms with Gasteiger partial charge in [0, 0.05) is 19.3 Å². The summed E-state index contributed by atoms with van der Waals surface area (Å²) in [7, 11) is 4.85. The highest BCUT2D eigenvalue weighted by Crippen LogP contribution is 2.22. The third-order valence-electron chi connectivity index (χ3n) is 5.08. The van der Waals surface area contributed by atoms with E-state index in [-0.39, 0.29) is 18.2 Å². The second kappa shape index (κ2) is 9.58. The topological polar surface area (TPSA) is 71.1 Å². The number of carbonyl (C=O) groups excluding carboxylic acids is 2. The minimum absolute atomic E-state index is 0.0257. The monoisotopic (exact) mass is 427 g/mol. The molecule has 8 heteroatoms. The summed E-state index contributed by atoms with van der Waals surface area (Å²) in [4.78, 5) is 28.5. The Morgan fingerprint density at radius 1 is 1.03 bits per heavy atom. The third-order valence-corrected chi connectivity index (χ3v) is 5.59. The summed E-state index contributed by atoms with van der Waals surface area (Å²) >= 11 is 5.45. The Bertz CT molecular complexity index is 915. The van der Waals surface area contributed by atoms with Crippen LogP contribution in [0.25, 0.3) is 0 Å². The van der Waals surface area contributed by atoms with Crippen LogP contribution in [0.3, 0.4) is 0 Å². The maximum atomic E-state index is 12.7. The molecule has 0 radical (unpaired) electrons. The minimum Gasteiger partial charge on any atom is -0.497 e. The highest BCUT2D eigenvalue weighted by atomic mass is 32.1. The first kappa shape index (κ1) is 21.6. The summed E-state index contributed by atoms with van der Waals surface area (Å²) < 4.78 is 10.3. The van der Waals surface area contributed by atoms with Crippen LogP contribution in [0, 0.1) is 0 Å². The van der Waals surface area contributed by atoms with Crippen molar-refractivity contribution in [1.82, 2.24) is 9.80 Å². The summed E-state index contributed by atoms with van der Waals surface area (Å²) in [6.45, 7) is 0.543. The number of rotatable bonds is 8. The van der Waals surface area contributed by atoms with Crippen LogP contribution in [-0.4, -0.2) is 60.6 Å². The SMILES string of the molecule is COc1ccc(CCN2C(=S)N(C)C(=O)[C@@H]2CC(=O)Nc2ccc(OC)cc2)cc1. The van der Waals surface area contributed by atoms with Crippen molar-refractivity contribution < 1.29 is 19.1 Å². The number of likely N-dealkylation sites (N-methyl/N-ethyl adjacent to an activating group) is 1. The number of carbonyl (C=O) groups is 2. The molecule has 7 nitrogen and oxygen atoms in total. The van der Waals surface area contributed by atoms with Gasteiger partial charge in [0.2, 0.25) is 5.91 Å². The number of ether oxygens (including phenoxy) is 2. The molecule has 1 N–H and O–H groups in total. The maximum absolute atomic E-state index is 12.7. The molecular weight excluding hydrogens is 402 g/mol. The van der Waals surface area contributed by atoms with E-state index < -0.39 is 6.04 Å². The van der Waals surface area contributed by atoms with Crippen molar-refractivity contribution in [1.29, 1.82) is 0 Å². The van der Waals surface area contributed by atoms with Crippen LogP contribution < -0.4 is 14.8 Å². The standard InChI is InChI=1S/C22H25N3O4S/c1-24-21(27)19(14-20(26)23-16-6-10-18(29-3)11-7-16)25(22(24)30)13-12-15-4-8-17(28-2)9-5-15/h4-11,19H,12-14H2,1-3H3,(H,23,26)/t19-/m0/s1. The van der Waals surface area contributed by atoms with Crippen LogP contribution in [0.1, 0.15) is 12.0 Å². The van der Waals surface area contributed by atoms with Crippen LogP contribution >= 0.6 is 12.2 Å². The fourth-order valence-electron chi connectivity index (χ4n) is 3.33. The van der Waals surface area contributed by atoms with Gasteiger partial charge in [-0.25, -0.2) is 0 Å². The number of hydrogen-bond acceptors (Lipinski definition) is 5. The first-order valence-corrected chi connectivity index (χ1v) is 9.98. The Hall–Kier alpha value is -3.13. The molecule has 1 saturated heterocycles. The van der Waals surface area contributed by atoms with E-state index in [0.717, 1.165) is 11.3 Å². The average molecular weight is 428 g/mol. The van der Waals surface area contributed by atoms with Crippen molar-refractivity contribution in [2.45, 2.75) is 18.9 Å². The van der Waals surface area contributed by atoms with E-state index in [1.807, 2.05) is 29.2 Å². The Kier molecular flexibility index (Phi) is 6.89. The highest BCUT2D eigenvalue weighted by molar-refractivity contribution is 7.80. The quantitative estimate of drug-likeness (QED) is 0.654. The van der Waals surface area contributed by atoms with Crippen LogP contribution in [0.4, 0.5) is 5.69 Å². The molecule has 1 fully saturated rings. The highest BCUT2D eigenvalue weighted by Gasteiger charge is 2.41. The van der Waals surface area contributed by atoms with Gasteiger partial charge in [-0.05, 0) is 60.6 Å². The number of nitrogens with one attached hydrogen (secondary N) is 1. The molecule has 0 aliphatic carbocycles. The number of methoxy groups -OCH3 is 2. The van der Waals surface area contributed by atoms with Gasteiger partial charge >= 0.3 is 0 Å². The lowest BCUT2D eigenvalue weighted by molar-refractivity contribution is -0.130. The Balaban J connectivity index is 1.64. The predicted molar refractivity (Wildman–Crippen MR) is 119 cm³/mol. The molecule has 2 aromatic rings. The molecule has 2 aromatic carbocycles. The predicted octanol–water partition coefficient (Wildman–Crippen LogP) is 2.70. The zero-order valence-corrected chi connectivity index (χ0v) is 18.1. The van der Waals surface area contributed by atoms with Gasteiger partial charge < -0.3 is 19.7 Å². The summed E-state index contributed by atoms with van der Waals surface area (Å²) in [5, 5.41) is 3.27. The van der Waals surface area contributed by atoms with E-state index >= 15 is 0 Å². The molecular formula is C22H25N3O4S. The van der Waals surface area contributed by atoms with Gasteiger partial charge in [0.15, 0.2) is 5.11 Å². The number of anilines is 1. The molecule has 3 rings (SSSR count). The van der Waals surface area contributed by atoms with E-state index in [0.29, 0.717) is 29.5 Å². The normalized spacial score (nSPS) is 16.0. The Labute approximate surface area is 181 Å². The van der Waals surface area contributed by atoms with Crippen molar-refractivity contribution in [2.75, 3.05) is 33.1 Å². The Morgan fingerprint density at radius 2 is 1.60 bits per heavy atom. The molecule has 30 heavy (non-hydrogen) atoms. The first-order valence-electron chi connectivity index (χ1n) is 9.58. The molecule has 0 bridgehead atoms. The summed E-state index contributed by atoms with van der Waals surface area (Å²) in [6, 6.07) is 14.2. The van der Waals surface area contributed by atoms with E-state index in [2.05, 4.69) is 5.32 Å². The summed E-state index contributed by atoms with van der Waals surface area (Å²) in [6.07, 6.45) is 0.722. The smallest absolute Gasteiger partial charge is 0.251 e. The van der Waals surface area contributed by atoms with Crippen LogP contribution in [0.2, 0.25) is 0 Å². The largest absolute Gasteiger partial charge is 0.497 e.